The number of sulfonamides is 1. The highest BCUT2D eigenvalue weighted by molar-refractivity contribution is 7.89. The van der Waals surface area contributed by atoms with E-state index in [1.54, 1.807) is 11.9 Å². The Morgan fingerprint density at radius 3 is 2.42 bits per heavy atom. The molecule has 0 fully saturated rings. The number of rotatable bonds is 8. The third-order valence-electron chi connectivity index (χ3n) is 3.09. The third-order valence-corrected chi connectivity index (χ3v) is 5.39. The summed E-state index contributed by atoms with van der Waals surface area (Å²) in [4.78, 5) is 23.9. The highest BCUT2D eigenvalue weighted by atomic mass is 35.5. The molecule has 1 aromatic rings. The van der Waals surface area contributed by atoms with Gasteiger partial charge in [0.1, 0.15) is 4.90 Å². The van der Waals surface area contributed by atoms with Crippen LogP contribution in [0, 0.1) is 0 Å². The molecule has 134 valence electrons. The van der Waals surface area contributed by atoms with E-state index in [1.807, 2.05) is 0 Å². The first kappa shape index (κ1) is 20.4. The average Bonchev–Trinajstić information content (AvgIpc) is 2.46. The number of amides is 1. The molecule has 24 heavy (non-hydrogen) atoms. The van der Waals surface area contributed by atoms with Gasteiger partial charge in [0.15, 0.2) is 0 Å². The Bertz CT molecular complexity index is 721. The Morgan fingerprint density at radius 2 is 1.88 bits per heavy atom. The number of carboxylic acids is 1. The molecule has 0 aromatic heterocycles. The predicted molar refractivity (Wildman–Crippen MR) is 90.7 cm³/mol. The van der Waals surface area contributed by atoms with Crippen LogP contribution in [0.15, 0.2) is 23.1 Å². The zero-order chi connectivity index (χ0) is 18.5. The fourth-order valence-electron chi connectivity index (χ4n) is 1.79. The van der Waals surface area contributed by atoms with Crippen molar-refractivity contribution in [1.29, 1.82) is 0 Å². The Balaban J connectivity index is 2.82. The molecule has 0 aliphatic rings. The second-order valence-electron chi connectivity index (χ2n) is 5.36. The van der Waals surface area contributed by atoms with Gasteiger partial charge in [0, 0.05) is 26.3 Å². The summed E-state index contributed by atoms with van der Waals surface area (Å²) < 4.78 is 25.4. The lowest BCUT2D eigenvalue weighted by Crippen LogP contribution is -2.31. The summed E-state index contributed by atoms with van der Waals surface area (Å²) >= 11 is 5.93. The predicted octanol–water partition coefficient (Wildman–Crippen LogP) is 0.935. The number of hydrogen-bond acceptors (Lipinski definition) is 5. The zero-order valence-electron chi connectivity index (χ0n) is 13.6. The molecular formula is C14H20ClN3O5S. The largest absolute Gasteiger partial charge is 0.481 e. The standard InChI is InChI=1S/C14H20ClN3O5S/c1-17(2)24(22,23)12-8-10(4-5-11(12)15)16-13(19)9-18(3)7-6-14(20)21/h4-5,8H,6-7,9H2,1-3H3,(H,16,19)(H,20,21). The molecule has 0 saturated heterocycles. The van der Waals surface area contributed by atoms with Crippen LogP contribution in [0.2, 0.25) is 5.02 Å². The van der Waals surface area contributed by atoms with Crippen molar-refractivity contribution in [3.63, 3.8) is 0 Å². The molecule has 0 radical (unpaired) electrons. The first-order valence-electron chi connectivity index (χ1n) is 6.96. The van der Waals surface area contributed by atoms with Crippen LogP contribution in [0.5, 0.6) is 0 Å². The number of nitrogens with zero attached hydrogens (tertiary/aromatic N) is 2. The first-order valence-corrected chi connectivity index (χ1v) is 8.78. The summed E-state index contributed by atoms with van der Waals surface area (Å²) in [5.41, 5.74) is 0.288. The van der Waals surface area contributed by atoms with Crippen molar-refractivity contribution in [2.75, 3.05) is 39.5 Å². The molecular weight excluding hydrogens is 358 g/mol. The third kappa shape index (κ3) is 5.75. The maximum Gasteiger partial charge on any atom is 0.304 e. The Kier molecular flexibility index (Phi) is 7.15. The second-order valence-corrected chi connectivity index (χ2v) is 7.89. The van der Waals surface area contributed by atoms with E-state index in [-0.39, 0.29) is 35.1 Å². The molecule has 0 spiro atoms. The summed E-state index contributed by atoms with van der Waals surface area (Å²) in [6.07, 6.45) is -0.0735. The fraction of sp³-hybridized carbons (Fsp3) is 0.429. The number of likely N-dealkylation sites (N-methyl/N-ethyl adjacent to an activating group) is 1. The summed E-state index contributed by atoms with van der Waals surface area (Å²) in [6, 6.07) is 4.17. The monoisotopic (exact) mass is 377 g/mol. The molecule has 1 amide bonds. The lowest BCUT2D eigenvalue weighted by atomic mass is 10.3. The molecule has 0 heterocycles. The minimum absolute atomic E-state index is 0.0222. The van der Waals surface area contributed by atoms with Gasteiger partial charge in [-0.2, -0.15) is 0 Å². The van der Waals surface area contributed by atoms with Gasteiger partial charge < -0.3 is 10.4 Å². The molecule has 0 atom stereocenters. The van der Waals surface area contributed by atoms with Crippen LogP contribution < -0.4 is 5.32 Å². The van der Waals surface area contributed by atoms with Crippen LogP contribution >= 0.6 is 11.6 Å². The first-order chi connectivity index (χ1) is 11.0. The van der Waals surface area contributed by atoms with Crippen molar-refractivity contribution in [1.82, 2.24) is 9.21 Å². The smallest absolute Gasteiger partial charge is 0.304 e. The molecule has 1 rings (SSSR count). The number of carboxylic acid groups (broad SMARTS) is 1. The summed E-state index contributed by atoms with van der Waals surface area (Å²) in [5, 5.41) is 11.2. The molecule has 0 unspecified atom stereocenters. The van der Waals surface area contributed by atoms with Crippen LogP contribution in [0.1, 0.15) is 6.42 Å². The number of nitrogens with one attached hydrogen (secondary N) is 1. The van der Waals surface area contributed by atoms with E-state index in [2.05, 4.69) is 5.32 Å². The molecule has 8 nitrogen and oxygen atoms in total. The maximum absolute atomic E-state index is 12.2. The highest BCUT2D eigenvalue weighted by Gasteiger charge is 2.21. The lowest BCUT2D eigenvalue weighted by molar-refractivity contribution is -0.137. The fourth-order valence-corrected chi connectivity index (χ4v) is 3.18. The molecule has 10 heteroatoms. The number of aliphatic carboxylic acids is 1. The number of anilines is 1. The van der Waals surface area contributed by atoms with Crippen molar-refractivity contribution in [3.05, 3.63) is 23.2 Å². The number of benzene rings is 1. The van der Waals surface area contributed by atoms with E-state index in [0.717, 1.165) is 4.31 Å². The molecule has 0 saturated carbocycles. The van der Waals surface area contributed by atoms with Gasteiger partial charge in [-0.1, -0.05) is 11.6 Å². The van der Waals surface area contributed by atoms with Gasteiger partial charge in [0.05, 0.1) is 18.0 Å². The minimum Gasteiger partial charge on any atom is -0.481 e. The Morgan fingerprint density at radius 1 is 1.25 bits per heavy atom. The Labute approximate surface area is 146 Å². The lowest BCUT2D eigenvalue weighted by Gasteiger charge is -2.16. The molecule has 1 aromatic carbocycles. The van der Waals surface area contributed by atoms with Crippen LogP contribution in [-0.4, -0.2) is 68.8 Å². The van der Waals surface area contributed by atoms with Crippen molar-refractivity contribution in [2.24, 2.45) is 0 Å². The molecule has 0 bridgehead atoms. The Hall–Kier alpha value is -1.68. The second kappa shape index (κ2) is 8.43. The quantitative estimate of drug-likeness (QED) is 0.698. The number of carbonyl (C=O) groups excluding carboxylic acids is 1. The minimum atomic E-state index is -3.73. The van der Waals surface area contributed by atoms with E-state index in [0.29, 0.717) is 0 Å². The highest BCUT2D eigenvalue weighted by Crippen LogP contribution is 2.26. The van der Waals surface area contributed by atoms with Gasteiger partial charge in [0.25, 0.3) is 0 Å². The number of carbonyl (C=O) groups is 2. The van der Waals surface area contributed by atoms with Crippen LogP contribution in [-0.2, 0) is 19.6 Å². The SMILES string of the molecule is CN(CCC(=O)O)CC(=O)Nc1ccc(Cl)c(S(=O)(=O)N(C)C)c1. The summed E-state index contributed by atoms with van der Waals surface area (Å²) in [7, 11) is 0.651. The maximum atomic E-state index is 12.2. The van der Waals surface area contributed by atoms with Crippen molar-refractivity contribution < 1.29 is 23.1 Å². The number of hydrogen-bond donors (Lipinski definition) is 2. The van der Waals surface area contributed by atoms with Gasteiger partial charge in [-0.3, -0.25) is 14.5 Å². The van der Waals surface area contributed by atoms with Gasteiger partial charge in [-0.05, 0) is 25.2 Å². The van der Waals surface area contributed by atoms with E-state index in [4.69, 9.17) is 16.7 Å². The van der Waals surface area contributed by atoms with Gasteiger partial charge in [0.2, 0.25) is 15.9 Å². The normalized spacial score (nSPS) is 11.8. The van der Waals surface area contributed by atoms with Gasteiger partial charge in [-0.25, -0.2) is 12.7 Å². The topological polar surface area (TPSA) is 107 Å². The van der Waals surface area contributed by atoms with E-state index in [9.17, 15) is 18.0 Å². The van der Waals surface area contributed by atoms with Gasteiger partial charge >= 0.3 is 5.97 Å². The van der Waals surface area contributed by atoms with Crippen LogP contribution in [0.4, 0.5) is 5.69 Å². The zero-order valence-corrected chi connectivity index (χ0v) is 15.2. The number of halogens is 1. The summed E-state index contributed by atoms with van der Waals surface area (Å²) in [6.45, 7) is 0.204. The average molecular weight is 378 g/mol. The van der Waals surface area contributed by atoms with Crippen molar-refractivity contribution in [2.45, 2.75) is 11.3 Å². The van der Waals surface area contributed by atoms with Crippen LogP contribution in [0.3, 0.4) is 0 Å². The molecule has 2 N–H and O–H groups in total. The van der Waals surface area contributed by atoms with Crippen molar-refractivity contribution in [3.8, 4) is 0 Å². The van der Waals surface area contributed by atoms with Gasteiger partial charge in [-0.15, -0.1) is 0 Å². The van der Waals surface area contributed by atoms with E-state index < -0.39 is 21.9 Å². The van der Waals surface area contributed by atoms with E-state index >= 15 is 0 Å². The van der Waals surface area contributed by atoms with Crippen molar-refractivity contribution >= 4 is 39.2 Å². The molecule has 0 aliphatic heterocycles. The van der Waals surface area contributed by atoms with E-state index in [1.165, 1.54) is 32.3 Å². The van der Waals surface area contributed by atoms with Crippen LogP contribution in [0.25, 0.3) is 0 Å². The molecule has 0 aliphatic carbocycles. The summed E-state index contributed by atoms with van der Waals surface area (Å²) in [5.74, 6) is -1.34.